The van der Waals surface area contributed by atoms with E-state index in [0.29, 0.717) is 43.2 Å². The Hall–Kier alpha value is -4.39. The van der Waals surface area contributed by atoms with E-state index in [-0.39, 0.29) is 28.2 Å². The Morgan fingerprint density at radius 1 is 1.03 bits per heavy atom. The van der Waals surface area contributed by atoms with Crippen LogP contribution in [0.1, 0.15) is 40.2 Å². The smallest absolute Gasteiger partial charge is 0.290 e. The predicted molar refractivity (Wildman–Crippen MR) is 139 cm³/mol. The van der Waals surface area contributed by atoms with Crippen molar-refractivity contribution in [2.75, 3.05) is 19.8 Å². The average molecular weight is 500 g/mol. The van der Waals surface area contributed by atoms with Gasteiger partial charge >= 0.3 is 0 Å². The van der Waals surface area contributed by atoms with Crippen molar-refractivity contribution in [1.29, 1.82) is 0 Å². The summed E-state index contributed by atoms with van der Waals surface area (Å²) >= 11 is 0. The summed E-state index contributed by atoms with van der Waals surface area (Å²) in [6.07, 6.45) is 2.22. The molecule has 2 heterocycles. The summed E-state index contributed by atoms with van der Waals surface area (Å²) in [5.74, 6) is 0.0562. The monoisotopic (exact) mass is 499 g/mol. The maximum Gasteiger partial charge on any atom is 0.290 e. The lowest BCUT2D eigenvalue weighted by Gasteiger charge is -2.26. The molecule has 37 heavy (non-hydrogen) atoms. The van der Waals surface area contributed by atoms with E-state index >= 15 is 0 Å². The molecule has 3 aromatic carbocycles. The van der Waals surface area contributed by atoms with E-state index in [1.165, 1.54) is 12.1 Å². The molecule has 0 bridgehead atoms. The second-order valence-corrected chi connectivity index (χ2v) is 8.69. The fourth-order valence-corrected chi connectivity index (χ4v) is 4.69. The number of hydrogen-bond acceptors (Lipinski definition) is 5. The summed E-state index contributed by atoms with van der Waals surface area (Å²) in [6.45, 7) is 6.59. The molecule has 0 aliphatic carbocycles. The van der Waals surface area contributed by atoms with Gasteiger partial charge in [0.15, 0.2) is 16.9 Å². The summed E-state index contributed by atoms with van der Waals surface area (Å²) in [7, 11) is 0. The molecule has 0 spiro atoms. The number of halogens is 1. The standard InChI is InChI=1S/C30H26FNO5/c1-3-16-36-24-12-10-20(17-25(24)35-4-2)27-26-28(33)22-18-21(31)11-13-23(22)37-29(26)30(34)32(27)15-14-19-8-6-5-7-9-19/h3,5-13,17-18,27H,1,4,14-16H2,2H3. The Morgan fingerprint density at radius 2 is 1.84 bits per heavy atom. The van der Waals surface area contributed by atoms with E-state index in [9.17, 15) is 14.0 Å². The fraction of sp³-hybridized carbons (Fsp3) is 0.200. The number of amides is 1. The van der Waals surface area contributed by atoms with Gasteiger partial charge in [-0.3, -0.25) is 9.59 Å². The Balaban J connectivity index is 1.65. The lowest BCUT2D eigenvalue weighted by Crippen LogP contribution is -2.31. The molecule has 0 saturated carbocycles. The van der Waals surface area contributed by atoms with Crippen molar-refractivity contribution < 1.29 is 23.1 Å². The highest BCUT2D eigenvalue weighted by molar-refractivity contribution is 5.99. The van der Waals surface area contributed by atoms with Gasteiger partial charge in [0.1, 0.15) is 18.0 Å². The molecule has 0 saturated heterocycles. The Bertz CT molecular complexity index is 1530. The number of carbonyl (C=O) groups excluding carboxylic acids is 1. The van der Waals surface area contributed by atoms with E-state index in [2.05, 4.69) is 6.58 Å². The fourth-order valence-electron chi connectivity index (χ4n) is 4.69. The van der Waals surface area contributed by atoms with Gasteiger partial charge in [0.05, 0.1) is 23.6 Å². The molecule has 1 aromatic heterocycles. The minimum Gasteiger partial charge on any atom is -0.490 e. The van der Waals surface area contributed by atoms with Crippen molar-refractivity contribution in [2.45, 2.75) is 19.4 Å². The third-order valence-corrected chi connectivity index (χ3v) is 6.35. The highest BCUT2D eigenvalue weighted by atomic mass is 19.1. The molecule has 0 N–H and O–H groups in total. The number of hydrogen-bond donors (Lipinski definition) is 0. The number of ether oxygens (including phenoxy) is 2. The van der Waals surface area contributed by atoms with E-state index in [4.69, 9.17) is 13.9 Å². The number of carbonyl (C=O) groups is 1. The van der Waals surface area contributed by atoms with Crippen LogP contribution in [0.15, 0.2) is 88.6 Å². The molecule has 6 nitrogen and oxygen atoms in total. The van der Waals surface area contributed by atoms with Gasteiger partial charge in [-0.05, 0) is 54.8 Å². The SMILES string of the molecule is C=CCOc1ccc(C2c3c(oc4ccc(F)cc4c3=O)C(=O)N2CCc2ccccc2)cc1OCC. The van der Waals surface area contributed by atoms with Crippen LogP contribution in [0, 0.1) is 5.82 Å². The van der Waals surface area contributed by atoms with Crippen LogP contribution in [-0.2, 0) is 6.42 Å². The highest BCUT2D eigenvalue weighted by Crippen LogP contribution is 2.41. The van der Waals surface area contributed by atoms with Gasteiger partial charge in [0, 0.05) is 6.54 Å². The normalized spacial score (nSPS) is 14.6. The topological polar surface area (TPSA) is 69.0 Å². The molecular formula is C30H26FNO5. The van der Waals surface area contributed by atoms with E-state index in [1.54, 1.807) is 29.2 Å². The molecule has 4 aromatic rings. The molecule has 1 aliphatic rings. The van der Waals surface area contributed by atoms with Crippen LogP contribution in [0.4, 0.5) is 4.39 Å². The number of fused-ring (bicyclic) bond motifs is 2. The van der Waals surface area contributed by atoms with Crippen molar-refractivity contribution in [2.24, 2.45) is 0 Å². The second-order valence-electron chi connectivity index (χ2n) is 8.69. The van der Waals surface area contributed by atoms with Gasteiger partial charge < -0.3 is 18.8 Å². The van der Waals surface area contributed by atoms with Gasteiger partial charge in [0.2, 0.25) is 5.76 Å². The summed E-state index contributed by atoms with van der Waals surface area (Å²) in [6, 6.07) is 18.1. The first-order valence-corrected chi connectivity index (χ1v) is 12.1. The van der Waals surface area contributed by atoms with Crippen molar-refractivity contribution >= 4 is 16.9 Å². The van der Waals surface area contributed by atoms with Crippen molar-refractivity contribution in [3.8, 4) is 11.5 Å². The quantitative estimate of drug-likeness (QED) is 0.277. The Kier molecular flexibility index (Phi) is 6.77. The lowest BCUT2D eigenvalue weighted by atomic mass is 9.97. The van der Waals surface area contributed by atoms with Gasteiger partial charge in [0.25, 0.3) is 5.91 Å². The van der Waals surface area contributed by atoms with Crippen molar-refractivity contribution in [3.05, 3.63) is 118 Å². The molecule has 1 amide bonds. The Labute approximate surface area is 213 Å². The molecule has 1 unspecified atom stereocenters. The first kappa shape index (κ1) is 24.3. The van der Waals surface area contributed by atoms with Crippen LogP contribution < -0.4 is 14.9 Å². The van der Waals surface area contributed by atoms with Crippen LogP contribution in [0.5, 0.6) is 11.5 Å². The average Bonchev–Trinajstić information content (AvgIpc) is 3.19. The van der Waals surface area contributed by atoms with Gasteiger partial charge in [-0.25, -0.2) is 4.39 Å². The van der Waals surface area contributed by atoms with Gasteiger partial charge in [-0.1, -0.05) is 49.1 Å². The van der Waals surface area contributed by atoms with E-state index < -0.39 is 17.3 Å². The van der Waals surface area contributed by atoms with Crippen LogP contribution in [0.3, 0.4) is 0 Å². The van der Waals surface area contributed by atoms with E-state index in [0.717, 1.165) is 11.6 Å². The zero-order valence-corrected chi connectivity index (χ0v) is 20.4. The Morgan fingerprint density at radius 3 is 2.59 bits per heavy atom. The second kappa shape index (κ2) is 10.3. The van der Waals surface area contributed by atoms with Gasteiger partial charge in [-0.2, -0.15) is 0 Å². The summed E-state index contributed by atoms with van der Waals surface area (Å²) in [4.78, 5) is 28.9. The van der Waals surface area contributed by atoms with Crippen LogP contribution in [-0.4, -0.2) is 30.6 Å². The predicted octanol–water partition coefficient (Wildman–Crippen LogP) is 5.68. The number of benzene rings is 3. The van der Waals surface area contributed by atoms with Gasteiger partial charge in [-0.15, -0.1) is 0 Å². The highest BCUT2D eigenvalue weighted by Gasteiger charge is 2.42. The van der Waals surface area contributed by atoms with Crippen LogP contribution >= 0.6 is 0 Å². The van der Waals surface area contributed by atoms with Crippen molar-refractivity contribution in [3.63, 3.8) is 0 Å². The maximum absolute atomic E-state index is 14.0. The minimum atomic E-state index is -0.734. The third kappa shape index (κ3) is 4.60. The molecule has 1 atom stereocenters. The molecule has 0 radical (unpaired) electrons. The van der Waals surface area contributed by atoms with Crippen LogP contribution in [0.25, 0.3) is 11.0 Å². The molecule has 0 fully saturated rings. The zero-order chi connectivity index (χ0) is 25.9. The minimum absolute atomic E-state index is 0.0212. The largest absolute Gasteiger partial charge is 0.490 e. The number of rotatable bonds is 9. The molecule has 1 aliphatic heterocycles. The molecule has 7 heteroatoms. The summed E-state index contributed by atoms with van der Waals surface area (Å²) < 4.78 is 31.5. The van der Waals surface area contributed by atoms with Crippen LogP contribution in [0.2, 0.25) is 0 Å². The zero-order valence-electron chi connectivity index (χ0n) is 20.4. The molecule has 188 valence electrons. The number of nitrogens with zero attached hydrogens (tertiary/aromatic N) is 1. The molecular weight excluding hydrogens is 473 g/mol. The third-order valence-electron chi connectivity index (χ3n) is 6.35. The summed E-state index contributed by atoms with van der Waals surface area (Å²) in [5, 5.41) is 0.0948. The van der Waals surface area contributed by atoms with Crippen molar-refractivity contribution in [1.82, 2.24) is 4.90 Å². The molecule has 5 rings (SSSR count). The first-order valence-electron chi connectivity index (χ1n) is 12.1. The summed E-state index contributed by atoms with van der Waals surface area (Å²) in [5.41, 5.74) is 1.65. The lowest BCUT2D eigenvalue weighted by molar-refractivity contribution is 0.0729. The first-order chi connectivity index (χ1) is 18.0. The van der Waals surface area contributed by atoms with E-state index in [1.807, 2.05) is 37.3 Å². The maximum atomic E-state index is 14.0.